The lowest BCUT2D eigenvalue weighted by Crippen LogP contribution is -2.12. The summed E-state index contributed by atoms with van der Waals surface area (Å²) in [6.45, 7) is 0. The Labute approximate surface area is 51.3 Å². The first-order chi connectivity index (χ1) is 3.71. The molecule has 50 valence electrons. The third-order valence-corrected chi connectivity index (χ3v) is 3.33. The predicted molar refractivity (Wildman–Crippen MR) is 36.4 cm³/mol. The maximum atomic E-state index is 9.01. The van der Waals surface area contributed by atoms with Gasteiger partial charge in [0.15, 0.2) is 0 Å². The molecule has 0 atom stereocenters. The summed E-state index contributed by atoms with van der Waals surface area (Å²) in [5.41, 5.74) is 0. The van der Waals surface area contributed by atoms with Gasteiger partial charge >= 0.3 is 0 Å². The average molecular weight is 136 g/mol. The Morgan fingerprint density at radius 2 is 1.38 bits per heavy atom. The maximum Gasteiger partial charge on any atom is 0.0374 e. The third kappa shape index (κ3) is 1.65. The average Bonchev–Trinajstić information content (AvgIpc) is 1.65. The van der Waals surface area contributed by atoms with Crippen molar-refractivity contribution in [3.05, 3.63) is 0 Å². The van der Waals surface area contributed by atoms with Gasteiger partial charge in [-0.3, -0.25) is 9.11 Å². The van der Waals surface area contributed by atoms with Gasteiger partial charge in [-0.1, -0.05) is 6.42 Å². The fourth-order valence-corrected chi connectivity index (χ4v) is 2.48. The Morgan fingerprint density at radius 3 is 1.62 bits per heavy atom. The fraction of sp³-hybridized carbons (Fsp3) is 1.00. The molecule has 0 aromatic rings. The SMILES string of the molecule is OS1(O)CCCCC1. The molecule has 3 heteroatoms. The highest BCUT2D eigenvalue weighted by atomic mass is 32.3. The lowest BCUT2D eigenvalue weighted by Gasteiger charge is -2.35. The van der Waals surface area contributed by atoms with E-state index in [1.807, 2.05) is 0 Å². The van der Waals surface area contributed by atoms with Crippen molar-refractivity contribution in [2.75, 3.05) is 11.5 Å². The molecule has 1 heterocycles. The van der Waals surface area contributed by atoms with E-state index in [2.05, 4.69) is 0 Å². The van der Waals surface area contributed by atoms with E-state index in [1.165, 1.54) is 6.42 Å². The van der Waals surface area contributed by atoms with Gasteiger partial charge in [-0.2, -0.15) is 10.6 Å². The largest absolute Gasteiger partial charge is 0.299 e. The minimum absolute atomic E-state index is 0.646. The minimum atomic E-state index is -2.08. The van der Waals surface area contributed by atoms with Crippen LogP contribution in [0.15, 0.2) is 0 Å². The van der Waals surface area contributed by atoms with E-state index in [9.17, 15) is 0 Å². The first-order valence-corrected chi connectivity index (χ1v) is 4.83. The molecule has 1 aliphatic rings. The quantitative estimate of drug-likeness (QED) is 0.534. The van der Waals surface area contributed by atoms with Crippen LogP contribution in [0.3, 0.4) is 0 Å². The Bertz CT molecular complexity index is 74.5. The molecule has 0 radical (unpaired) electrons. The van der Waals surface area contributed by atoms with E-state index in [0.29, 0.717) is 11.5 Å². The smallest absolute Gasteiger partial charge is 0.0374 e. The van der Waals surface area contributed by atoms with Crippen LogP contribution in [-0.4, -0.2) is 20.6 Å². The molecular weight excluding hydrogens is 124 g/mol. The van der Waals surface area contributed by atoms with E-state index in [-0.39, 0.29) is 0 Å². The van der Waals surface area contributed by atoms with Gasteiger partial charge < -0.3 is 0 Å². The van der Waals surface area contributed by atoms with Crippen molar-refractivity contribution in [1.82, 2.24) is 0 Å². The summed E-state index contributed by atoms with van der Waals surface area (Å²) in [7, 11) is -2.08. The summed E-state index contributed by atoms with van der Waals surface area (Å²) in [6, 6.07) is 0. The summed E-state index contributed by atoms with van der Waals surface area (Å²) in [5.74, 6) is 1.29. The van der Waals surface area contributed by atoms with E-state index in [4.69, 9.17) is 9.11 Å². The number of hydrogen-bond donors (Lipinski definition) is 2. The van der Waals surface area contributed by atoms with Crippen molar-refractivity contribution in [3.8, 4) is 0 Å². The summed E-state index contributed by atoms with van der Waals surface area (Å²) in [5, 5.41) is 0. The molecule has 0 amide bonds. The van der Waals surface area contributed by atoms with Crippen molar-refractivity contribution < 1.29 is 9.11 Å². The van der Waals surface area contributed by atoms with Crippen LogP contribution in [0.2, 0.25) is 0 Å². The van der Waals surface area contributed by atoms with E-state index >= 15 is 0 Å². The van der Waals surface area contributed by atoms with Crippen LogP contribution < -0.4 is 0 Å². The monoisotopic (exact) mass is 136 g/mol. The van der Waals surface area contributed by atoms with Crippen LogP contribution in [0.1, 0.15) is 19.3 Å². The minimum Gasteiger partial charge on any atom is -0.299 e. The molecule has 8 heavy (non-hydrogen) atoms. The predicted octanol–water partition coefficient (Wildman–Crippen LogP) is 1.92. The van der Waals surface area contributed by atoms with Crippen molar-refractivity contribution in [2.45, 2.75) is 19.3 Å². The molecule has 2 nitrogen and oxygen atoms in total. The molecule has 0 bridgehead atoms. The zero-order chi connectivity index (χ0) is 6.04. The van der Waals surface area contributed by atoms with Crippen LogP contribution in [0, 0.1) is 0 Å². The van der Waals surface area contributed by atoms with Gasteiger partial charge in [0.05, 0.1) is 0 Å². The van der Waals surface area contributed by atoms with Crippen LogP contribution in [0.4, 0.5) is 0 Å². The summed E-state index contributed by atoms with van der Waals surface area (Å²) in [4.78, 5) is 0. The standard InChI is InChI=1S/C5H12O2S/c6-8(7)4-2-1-3-5-8/h6-7H,1-5H2. The van der Waals surface area contributed by atoms with Gasteiger partial charge in [0.25, 0.3) is 0 Å². The summed E-state index contributed by atoms with van der Waals surface area (Å²) >= 11 is 0. The lowest BCUT2D eigenvalue weighted by atomic mass is 10.3. The normalized spacial score (nSPS) is 31.8. The van der Waals surface area contributed by atoms with Crippen molar-refractivity contribution >= 4 is 10.6 Å². The van der Waals surface area contributed by atoms with Gasteiger partial charge in [-0.05, 0) is 12.8 Å². The molecule has 0 unspecified atom stereocenters. The second-order valence-electron chi connectivity index (χ2n) is 2.27. The van der Waals surface area contributed by atoms with Gasteiger partial charge in [-0.25, -0.2) is 0 Å². The molecule has 1 aliphatic heterocycles. The fourth-order valence-electron chi connectivity index (χ4n) is 0.945. The maximum absolute atomic E-state index is 9.01. The van der Waals surface area contributed by atoms with Gasteiger partial charge in [0.1, 0.15) is 0 Å². The topological polar surface area (TPSA) is 40.5 Å². The molecule has 0 spiro atoms. The molecule has 0 saturated carbocycles. The van der Waals surface area contributed by atoms with Crippen LogP contribution in [0.5, 0.6) is 0 Å². The number of hydrogen-bond acceptors (Lipinski definition) is 2. The molecule has 1 rings (SSSR count). The molecule has 0 aromatic carbocycles. The molecule has 1 fully saturated rings. The van der Waals surface area contributed by atoms with Gasteiger partial charge in [0.2, 0.25) is 0 Å². The Kier molecular flexibility index (Phi) is 1.80. The van der Waals surface area contributed by atoms with Crippen LogP contribution in [0.25, 0.3) is 0 Å². The van der Waals surface area contributed by atoms with Crippen LogP contribution in [-0.2, 0) is 0 Å². The van der Waals surface area contributed by atoms with Gasteiger partial charge in [0, 0.05) is 11.5 Å². The van der Waals surface area contributed by atoms with Crippen molar-refractivity contribution in [2.24, 2.45) is 0 Å². The summed E-state index contributed by atoms with van der Waals surface area (Å²) < 4.78 is 18.0. The van der Waals surface area contributed by atoms with E-state index in [1.54, 1.807) is 0 Å². The van der Waals surface area contributed by atoms with Crippen molar-refractivity contribution in [1.29, 1.82) is 0 Å². The lowest BCUT2D eigenvalue weighted by molar-refractivity contribution is 0.470. The molecule has 1 saturated heterocycles. The zero-order valence-corrected chi connectivity index (χ0v) is 5.65. The third-order valence-electron chi connectivity index (χ3n) is 1.44. The van der Waals surface area contributed by atoms with E-state index < -0.39 is 10.6 Å². The number of rotatable bonds is 0. The Balaban J connectivity index is 2.33. The first-order valence-electron chi connectivity index (χ1n) is 2.94. The zero-order valence-electron chi connectivity index (χ0n) is 4.84. The molecule has 2 N–H and O–H groups in total. The Hall–Kier alpha value is 0.270. The first kappa shape index (κ1) is 6.39. The van der Waals surface area contributed by atoms with E-state index in [0.717, 1.165) is 12.8 Å². The summed E-state index contributed by atoms with van der Waals surface area (Å²) in [6.07, 6.45) is 3.18. The molecule has 0 aromatic heterocycles. The highest BCUT2D eigenvalue weighted by Gasteiger charge is 2.15. The highest BCUT2D eigenvalue weighted by Crippen LogP contribution is 2.43. The second-order valence-corrected chi connectivity index (χ2v) is 4.69. The second kappa shape index (κ2) is 2.25. The van der Waals surface area contributed by atoms with Crippen LogP contribution >= 0.6 is 10.6 Å². The molecular formula is C5H12O2S. The van der Waals surface area contributed by atoms with Gasteiger partial charge in [-0.15, -0.1) is 0 Å². The Morgan fingerprint density at radius 1 is 0.875 bits per heavy atom. The van der Waals surface area contributed by atoms with Crippen molar-refractivity contribution in [3.63, 3.8) is 0 Å². The molecule has 0 aliphatic carbocycles. The highest BCUT2D eigenvalue weighted by molar-refractivity contribution is 8.24.